The van der Waals surface area contributed by atoms with Crippen LogP contribution in [0, 0.1) is 6.92 Å². The molecule has 0 heterocycles. The molecule has 27 heavy (non-hydrogen) atoms. The lowest BCUT2D eigenvalue weighted by atomic mass is 10.1. The minimum absolute atomic E-state index is 0.239. The highest BCUT2D eigenvalue weighted by molar-refractivity contribution is 6.31. The number of carboxylic acid groups (broad SMARTS) is 1. The Labute approximate surface area is 162 Å². The quantitative estimate of drug-likeness (QED) is 0.585. The zero-order valence-corrected chi connectivity index (χ0v) is 15.5. The van der Waals surface area contributed by atoms with E-state index in [1.54, 1.807) is 18.2 Å². The predicted octanol–water partition coefficient (Wildman–Crippen LogP) is 5.52. The molecule has 0 aliphatic carbocycles. The summed E-state index contributed by atoms with van der Waals surface area (Å²) in [7, 11) is 0. The van der Waals surface area contributed by atoms with Gasteiger partial charge in [-0.3, -0.25) is 0 Å². The molecule has 0 saturated heterocycles. The van der Waals surface area contributed by atoms with E-state index in [-0.39, 0.29) is 6.42 Å². The number of benzene rings is 3. The molecule has 0 spiro atoms. The molecule has 0 amide bonds. The lowest BCUT2D eigenvalue weighted by Crippen LogP contribution is -2.29. The fourth-order valence-electron chi connectivity index (χ4n) is 2.57. The van der Waals surface area contributed by atoms with E-state index in [1.165, 1.54) is 0 Å². The van der Waals surface area contributed by atoms with Crippen molar-refractivity contribution >= 4 is 17.6 Å². The fourth-order valence-corrected chi connectivity index (χ4v) is 2.68. The highest BCUT2D eigenvalue weighted by Crippen LogP contribution is 2.24. The standard InChI is InChI=1S/C22H19ClO4/c1-15-13-19(11-12-20(15)23)27-21(22(24)25)14-16-7-9-18(10-8-16)26-17-5-3-2-4-6-17/h2-13,21H,14H2,1H3,(H,24,25). The molecule has 3 rings (SSSR count). The first-order valence-electron chi connectivity index (χ1n) is 8.49. The highest BCUT2D eigenvalue weighted by atomic mass is 35.5. The minimum Gasteiger partial charge on any atom is -0.478 e. The van der Waals surface area contributed by atoms with Gasteiger partial charge in [-0.05, 0) is 60.5 Å². The Kier molecular flexibility index (Phi) is 5.99. The van der Waals surface area contributed by atoms with Crippen molar-refractivity contribution < 1.29 is 19.4 Å². The predicted molar refractivity (Wildman–Crippen MR) is 105 cm³/mol. The third-order valence-electron chi connectivity index (χ3n) is 4.01. The van der Waals surface area contributed by atoms with Gasteiger partial charge in [0.1, 0.15) is 17.2 Å². The number of halogens is 1. The smallest absolute Gasteiger partial charge is 0.345 e. The first-order valence-corrected chi connectivity index (χ1v) is 8.86. The Bertz CT molecular complexity index is 907. The maximum Gasteiger partial charge on any atom is 0.345 e. The SMILES string of the molecule is Cc1cc(OC(Cc2ccc(Oc3ccccc3)cc2)C(=O)O)ccc1Cl. The molecule has 0 aliphatic heterocycles. The molecule has 0 fully saturated rings. The summed E-state index contributed by atoms with van der Waals surface area (Å²) in [6.07, 6.45) is -0.755. The zero-order valence-electron chi connectivity index (χ0n) is 14.8. The number of carboxylic acids is 1. The number of aryl methyl sites for hydroxylation is 1. The van der Waals surface area contributed by atoms with E-state index in [2.05, 4.69) is 0 Å². The first kappa shape index (κ1) is 18.8. The van der Waals surface area contributed by atoms with Gasteiger partial charge in [-0.2, -0.15) is 0 Å². The van der Waals surface area contributed by atoms with Crippen molar-refractivity contribution in [2.45, 2.75) is 19.4 Å². The van der Waals surface area contributed by atoms with Crippen LogP contribution in [0.3, 0.4) is 0 Å². The van der Waals surface area contributed by atoms with Crippen molar-refractivity contribution in [3.63, 3.8) is 0 Å². The van der Waals surface area contributed by atoms with E-state index in [1.807, 2.05) is 61.5 Å². The van der Waals surface area contributed by atoms with E-state index in [4.69, 9.17) is 21.1 Å². The van der Waals surface area contributed by atoms with Crippen LogP contribution < -0.4 is 9.47 Å². The molecule has 0 saturated carbocycles. The second kappa shape index (κ2) is 8.60. The van der Waals surface area contributed by atoms with Gasteiger partial charge in [0.05, 0.1) is 0 Å². The minimum atomic E-state index is -1.02. The summed E-state index contributed by atoms with van der Waals surface area (Å²) < 4.78 is 11.4. The summed E-state index contributed by atoms with van der Waals surface area (Å²) in [5.41, 5.74) is 1.68. The first-order chi connectivity index (χ1) is 13.0. The Hall–Kier alpha value is -2.98. The van der Waals surface area contributed by atoms with Gasteiger partial charge in [0.15, 0.2) is 6.10 Å². The van der Waals surface area contributed by atoms with E-state index < -0.39 is 12.1 Å². The maximum atomic E-state index is 11.6. The van der Waals surface area contributed by atoms with Crippen LogP contribution in [0.1, 0.15) is 11.1 Å². The number of ether oxygens (including phenoxy) is 2. The molecule has 0 aliphatic rings. The van der Waals surface area contributed by atoms with Gasteiger partial charge in [-0.1, -0.05) is 41.9 Å². The Balaban J connectivity index is 1.67. The van der Waals surface area contributed by atoms with Crippen LogP contribution in [0.4, 0.5) is 0 Å². The van der Waals surface area contributed by atoms with E-state index in [9.17, 15) is 9.90 Å². The molecule has 1 atom stereocenters. The summed E-state index contributed by atoms with van der Waals surface area (Å²) >= 11 is 6.00. The molecule has 0 bridgehead atoms. The van der Waals surface area contributed by atoms with Gasteiger partial charge in [0.2, 0.25) is 0 Å². The molecule has 1 N–H and O–H groups in total. The summed E-state index contributed by atoms with van der Waals surface area (Å²) in [4.78, 5) is 11.6. The molecule has 0 radical (unpaired) electrons. The topological polar surface area (TPSA) is 55.8 Å². The number of hydrogen-bond donors (Lipinski definition) is 1. The van der Waals surface area contributed by atoms with Crippen LogP contribution in [-0.4, -0.2) is 17.2 Å². The van der Waals surface area contributed by atoms with Crippen molar-refractivity contribution in [1.29, 1.82) is 0 Å². The van der Waals surface area contributed by atoms with Crippen molar-refractivity contribution in [3.8, 4) is 17.2 Å². The van der Waals surface area contributed by atoms with Crippen molar-refractivity contribution in [1.82, 2.24) is 0 Å². The monoisotopic (exact) mass is 382 g/mol. The zero-order chi connectivity index (χ0) is 19.2. The van der Waals surface area contributed by atoms with Crippen LogP contribution in [0.25, 0.3) is 0 Å². The summed E-state index contributed by atoms with van der Waals surface area (Å²) in [5, 5.41) is 10.1. The highest BCUT2D eigenvalue weighted by Gasteiger charge is 2.20. The number of rotatable bonds is 7. The molecule has 3 aromatic rings. The average molecular weight is 383 g/mol. The van der Waals surface area contributed by atoms with E-state index >= 15 is 0 Å². The van der Waals surface area contributed by atoms with Gasteiger partial charge in [-0.25, -0.2) is 4.79 Å². The molecular formula is C22H19ClO4. The summed E-state index contributed by atoms with van der Waals surface area (Å²) in [6.45, 7) is 1.84. The third-order valence-corrected chi connectivity index (χ3v) is 4.43. The molecule has 138 valence electrons. The number of para-hydroxylation sites is 1. The van der Waals surface area contributed by atoms with Crippen molar-refractivity contribution in [2.75, 3.05) is 0 Å². The van der Waals surface area contributed by atoms with Crippen molar-refractivity contribution in [2.24, 2.45) is 0 Å². The number of hydrogen-bond acceptors (Lipinski definition) is 3. The molecule has 3 aromatic carbocycles. The third kappa shape index (κ3) is 5.25. The molecule has 5 heteroatoms. The van der Waals surface area contributed by atoms with Crippen LogP contribution in [0.5, 0.6) is 17.2 Å². The average Bonchev–Trinajstić information content (AvgIpc) is 2.66. The number of aliphatic carboxylic acids is 1. The second-order valence-corrected chi connectivity index (χ2v) is 6.53. The van der Waals surface area contributed by atoms with Crippen LogP contribution in [0.15, 0.2) is 72.8 Å². The van der Waals surface area contributed by atoms with E-state index in [0.717, 1.165) is 16.9 Å². The van der Waals surface area contributed by atoms with Crippen LogP contribution >= 0.6 is 11.6 Å². The molecular weight excluding hydrogens is 364 g/mol. The normalized spacial score (nSPS) is 11.6. The van der Waals surface area contributed by atoms with Crippen LogP contribution in [-0.2, 0) is 11.2 Å². The number of carbonyl (C=O) groups is 1. The molecule has 4 nitrogen and oxygen atoms in total. The van der Waals surface area contributed by atoms with Crippen molar-refractivity contribution in [3.05, 3.63) is 88.9 Å². The van der Waals surface area contributed by atoms with E-state index in [0.29, 0.717) is 16.5 Å². The Morgan fingerprint density at radius 1 is 0.963 bits per heavy atom. The van der Waals surface area contributed by atoms with Gasteiger partial charge in [-0.15, -0.1) is 0 Å². The van der Waals surface area contributed by atoms with Gasteiger partial charge < -0.3 is 14.6 Å². The Morgan fingerprint density at radius 2 is 1.59 bits per heavy atom. The maximum absolute atomic E-state index is 11.6. The largest absolute Gasteiger partial charge is 0.478 e. The summed E-state index contributed by atoms with van der Waals surface area (Å²) in [6, 6.07) is 21.9. The molecule has 0 aromatic heterocycles. The summed E-state index contributed by atoms with van der Waals surface area (Å²) in [5.74, 6) is 0.890. The fraction of sp³-hybridized carbons (Fsp3) is 0.136. The molecule has 1 unspecified atom stereocenters. The van der Waals surface area contributed by atoms with Gasteiger partial charge >= 0.3 is 5.97 Å². The van der Waals surface area contributed by atoms with Crippen LogP contribution in [0.2, 0.25) is 5.02 Å². The van der Waals surface area contributed by atoms with Gasteiger partial charge in [0, 0.05) is 11.4 Å². The second-order valence-electron chi connectivity index (χ2n) is 6.12. The van der Waals surface area contributed by atoms with Gasteiger partial charge in [0.25, 0.3) is 0 Å². The lowest BCUT2D eigenvalue weighted by molar-refractivity contribution is -0.145. The lowest BCUT2D eigenvalue weighted by Gasteiger charge is -2.16. The Morgan fingerprint density at radius 3 is 2.22 bits per heavy atom.